The molecule has 1 heterocycles. The lowest BCUT2D eigenvalue weighted by atomic mass is 9.94. The Labute approximate surface area is 107 Å². The van der Waals surface area contributed by atoms with Crippen molar-refractivity contribution < 1.29 is 9.52 Å². The minimum absolute atomic E-state index is 0.412. The second-order valence-corrected chi connectivity index (χ2v) is 5.32. The minimum Gasteiger partial charge on any atom is -0.448 e. The highest BCUT2D eigenvalue weighted by molar-refractivity contribution is 6.28. The minimum atomic E-state index is -0.535. The highest BCUT2D eigenvalue weighted by Gasteiger charge is 2.27. The lowest BCUT2D eigenvalue weighted by Gasteiger charge is -2.26. The summed E-state index contributed by atoms with van der Waals surface area (Å²) in [7, 11) is 0. The van der Waals surface area contributed by atoms with Crippen LogP contribution in [-0.2, 0) is 6.54 Å². The third-order valence-electron chi connectivity index (χ3n) is 3.42. The molecule has 17 heavy (non-hydrogen) atoms. The molecule has 0 unspecified atom stereocenters. The molecule has 1 aliphatic rings. The van der Waals surface area contributed by atoms with Crippen LogP contribution in [0.15, 0.2) is 16.5 Å². The van der Waals surface area contributed by atoms with E-state index in [9.17, 15) is 5.11 Å². The second-order valence-electron chi connectivity index (χ2n) is 4.95. The summed E-state index contributed by atoms with van der Waals surface area (Å²) in [6.45, 7) is 1.25. The van der Waals surface area contributed by atoms with Crippen LogP contribution in [-0.4, -0.2) is 17.3 Å². The Balaban J connectivity index is 1.76. The topological polar surface area (TPSA) is 45.4 Å². The van der Waals surface area contributed by atoms with Gasteiger partial charge < -0.3 is 14.8 Å². The summed E-state index contributed by atoms with van der Waals surface area (Å²) in [5.41, 5.74) is -0.535. The predicted octanol–water partition coefficient (Wildman–Crippen LogP) is 3.11. The maximum absolute atomic E-state index is 10.4. The van der Waals surface area contributed by atoms with Gasteiger partial charge in [0.1, 0.15) is 5.76 Å². The zero-order valence-corrected chi connectivity index (χ0v) is 10.8. The van der Waals surface area contributed by atoms with Crippen molar-refractivity contribution in [2.75, 3.05) is 6.54 Å². The Morgan fingerprint density at radius 2 is 1.94 bits per heavy atom. The van der Waals surface area contributed by atoms with Crippen LogP contribution in [0.5, 0.6) is 0 Å². The molecule has 1 aromatic rings. The van der Waals surface area contributed by atoms with E-state index in [2.05, 4.69) is 5.32 Å². The van der Waals surface area contributed by atoms with Gasteiger partial charge in [0.15, 0.2) is 5.22 Å². The van der Waals surface area contributed by atoms with Gasteiger partial charge in [-0.1, -0.05) is 25.7 Å². The number of furan rings is 1. The molecule has 0 aliphatic heterocycles. The molecule has 0 aromatic carbocycles. The fourth-order valence-electron chi connectivity index (χ4n) is 2.43. The van der Waals surface area contributed by atoms with Crippen LogP contribution in [0.3, 0.4) is 0 Å². The summed E-state index contributed by atoms with van der Waals surface area (Å²) >= 11 is 5.69. The number of hydrogen-bond acceptors (Lipinski definition) is 3. The highest BCUT2D eigenvalue weighted by Crippen LogP contribution is 2.26. The van der Waals surface area contributed by atoms with Crippen molar-refractivity contribution in [3.05, 3.63) is 23.1 Å². The quantitative estimate of drug-likeness (QED) is 0.815. The molecule has 0 atom stereocenters. The first-order chi connectivity index (χ1) is 8.18. The van der Waals surface area contributed by atoms with Crippen LogP contribution in [0.25, 0.3) is 0 Å². The van der Waals surface area contributed by atoms with Gasteiger partial charge in [0.25, 0.3) is 0 Å². The predicted molar refractivity (Wildman–Crippen MR) is 68.1 cm³/mol. The first-order valence-electron chi connectivity index (χ1n) is 6.35. The molecule has 0 saturated heterocycles. The van der Waals surface area contributed by atoms with Gasteiger partial charge in [-0.05, 0) is 36.6 Å². The van der Waals surface area contributed by atoms with Gasteiger partial charge in [0.2, 0.25) is 0 Å². The summed E-state index contributed by atoms with van der Waals surface area (Å²) in [6, 6.07) is 3.59. The van der Waals surface area contributed by atoms with Gasteiger partial charge in [-0.25, -0.2) is 0 Å². The molecule has 0 bridgehead atoms. The van der Waals surface area contributed by atoms with Crippen molar-refractivity contribution in [2.24, 2.45) is 0 Å². The Bertz CT molecular complexity index is 343. The molecule has 2 N–H and O–H groups in total. The van der Waals surface area contributed by atoms with Crippen molar-refractivity contribution in [1.29, 1.82) is 0 Å². The molecule has 96 valence electrons. The molecule has 1 fully saturated rings. The van der Waals surface area contributed by atoms with Crippen LogP contribution >= 0.6 is 11.6 Å². The zero-order valence-electron chi connectivity index (χ0n) is 10.0. The smallest absolute Gasteiger partial charge is 0.193 e. The average molecular weight is 258 g/mol. The van der Waals surface area contributed by atoms with Crippen LogP contribution in [0.2, 0.25) is 5.22 Å². The average Bonchev–Trinajstić information content (AvgIpc) is 2.58. The van der Waals surface area contributed by atoms with E-state index in [-0.39, 0.29) is 0 Å². The highest BCUT2D eigenvalue weighted by atomic mass is 35.5. The van der Waals surface area contributed by atoms with Crippen LogP contribution in [0, 0.1) is 0 Å². The molecule has 1 aliphatic carbocycles. The van der Waals surface area contributed by atoms with Crippen LogP contribution < -0.4 is 5.32 Å². The Morgan fingerprint density at radius 3 is 2.53 bits per heavy atom. The van der Waals surface area contributed by atoms with E-state index < -0.39 is 5.60 Å². The molecule has 3 nitrogen and oxygen atoms in total. The zero-order chi connectivity index (χ0) is 12.1. The van der Waals surface area contributed by atoms with Crippen LogP contribution in [0.4, 0.5) is 0 Å². The Kier molecular flexibility index (Phi) is 4.48. The molecule has 0 amide bonds. The number of halogens is 1. The fourth-order valence-corrected chi connectivity index (χ4v) is 2.59. The summed E-state index contributed by atoms with van der Waals surface area (Å²) in [5, 5.41) is 14.1. The van der Waals surface area contributed by atoms with Crippen molar-refractivity contribution in [2.45, 2.75) is 50.7 Å². The van der Waals surface area contributed by atoms with Gasteiger partial charge in [-0.2, -0.15) is 0 Å². The van der Waals surface area contributed by atoms with Gasteiger partial charge in [0.05, 0.1) is 12.1 Å². The van der Waals surface area contributed by atoms with E-state index in [0.717, 1.165) is 31.4 Å². The second kappa shape index (κ2) is 5.89. The van der Waals surface area contributed by atoms with Crippen molar-refractivity contribution in [3.8, 4) is 0 Å². The van der Waals surface area contributed by atoms with E-state index in [4.69, 9.17) is 16.0 Å². The first-order valence-corrected chi connectivity index (χ1v) is 6.73. The summed E-state index contributed by atoms with van der Waals surface area (Å²) in [5.74, 6) is 0.812. The maximum Gasteiger partial charge on any atom is 0.193 e. The maximum atomic E-state index is 10.4. The van der Waals surface area contributed by atoms with Gasteiger partial charge in [0, 0.05) is 6.54 Å². The fraction of sp³-hybridized carbons (Fsp3) is 0.692. The van der Waals surface area contributed by atoms with E-state index in [0.29, 0.717) is 18.3 Å². The molecule has 1 saturated carbocycles. The summed E-state index contributed by atoms with van der Waals surface area (Å²) < 4.78 is 5.25. The van der Waals surface area contributed by atoms with Crippen molar-refractivity contribution in [3.63, 3.8) is 0 Å². The molecule has 0 radical (unpaired) electrons. The first kappa shape index (κ1) is 12.9. The standard InChI is InChI=1S/C13H20ClNO2/c14-12-6-5-11(17-12)9-15-10-13(16)7-3-1-2-4-8-13/h5-6,15-16H,1-4,7-10H2. The Hall–Kier alpha value is -0.510. The van der Waals surface area contributed by atoms with Gasteiger partial charge in [-0.3, -0.25) is 0 Å². The lowest BCUT2D eigenvalue weighted by Crippen LogP contribution is -2.39. The van der Waals surface area contributed by atoms with Crippen molar-refractivity contribution >= 4 is 11.6 Å². The van der Waals surface area contributed by atoms with E-state index in [1.54, 1.807) is 6.07 Å². The summed E-state index contributed by atoms with van der Waals surface area (Å²) in [6.07, 6.45) is 6.56. The summed E-state index contributed by atoms with van der Waals surface area (Å²) in [4.78, 5) is 0. The van der Waals surface area contributed by atoms with E-state index in [1.807, 2.05) is 6.07 Å². The number of hydrogen-bond donors (Lipinski definition) is 2. The molecular formula is C13H20ClNO2. The van der Waals surface area contributed by atoms with Gasteiger partial charge in [-0.15, -0.1) is 0 Å². The number of nitrogens with one attached hydrogen (secondary N) is 1. The third-order valence-corrected chi connectivity index (χ3v) is 3.62. The molecular weight excluding hydrogens is 238 g/mol. The molecule has 1 aromatic heterocycles. The number of aliphatic hydroxyl groups is 1. The monoisotopic (exact) mass is 257 g/mol. The van der Waals surface area contributed by atoms with Gasteiger partial charge >= 0.3 is 0 Å². The third kappa shape index (κ3) is 4.02. The molecule has 0 spiro atoms. The number of rotatable bonds is 4. The Morgan fingerprint density at radius 1 is 1.24 bits per heavy atom. The molecule has 4 heteroatoms. The lowest BCUT2D eigenvalue weighted by molar-refractivity contribution is 0.0247. The largest absolute Gasteiger partial charge is 0.448 e. The van der Waals surface area contributed by atoms with E-state index >= 15 is 0 Å². The SMILES string of the molecule is OC1(CNCc2ccc(Cl)o2)CCCCCC1. The molecule has 2 rings (SSSR count). The van der Waals surface area contributed by atoms with E-state index in [1.165, 1.54) is 12.8 Å². The normalized spacial score (nSPS) is 20.1. The van der Waals surface area contributed by atoms with Crippen molar-refractivity contribution in [1.82, 2.24) is 5.32 Å². The van der Waals surface area contributed by atoms with Crippen LogP contribution in [0.1, 0.15) is 44.3 Å².